The molecule has 2 N–H and O–H groups in total. The van der Waals surface area contributed by atoms with E-state index >= 15 is 0 Å². The molecule has 0 bridgehead atoms. The number of hydrogen-bond donors (Lipinski definition) is 2. The Hall–Kier alpha value is -0.900. The Morgan fingerprint density at radius 2 is 2.00 bits per heavy atom. The molecule has 1 aromatic rings. The fourth-order valence-corrected chi connectivity index (χ4v) is 3.35. The van der Waals surface area contributed by atoms with Gasteiger partial charge in [0.2, 0.25) is 0 Å². The van der Waals surface area contributed by atoms with Crippen molar-refractivity contribution in [1.29, 1.82) is 0 Å². The van der Waals surface area contributed by atoms with Crippen LogP contribution in [0.2, 0.25) is 0 Å². The quantitative estimate of drug-likeness (QED) is 0.764. The molecule has 4 unspecified atom stereocenters. The van der Waals surface area contributed by atoms with Crippen molar-refractivity contribution in [2.75, 3.05) is 13.2 Å². The van der Waals surface area contributed by atoms with Crippen molar-refractivity contribution >= 4 is 0 Å². The number of ether oxygens (including phenoxy) is 1. The lowest BCUT2D eigenvalue weighted by Crippen LogP contribution is -2.33. The molecule has 1 aromatic carbocycles. The second-order valence-electron chi connectivity index (χ2n) is 5.19. The fraction of sp³-hybridized carbons (Fsp3) is 0.571. The average Bonchev–Trinajstić information content (AvgIpc) is 2.98. The maximum Gasteiger partial charge on any atom is 0.123 e. The van der Waals surface area contributed by atoms with Crippen molar-refractivity contribution in [3.63, 3.8) is 0 Å². The molecule has 3 rings (SSSR count). The zero-order valence-corrected chi connectivity index (χ0v) is 9.75. The number of benzene rings is 1. The minimum Gasteiger partial charge on any atom is -0.396 e. The number of rotatable bonds is 4. The highest BCUT2D eigenvalue weighted by Gasteiger charge is 2.67. The van der Waals surface area contributed by atoms with Crippen LogP contribution in [0.1, 0.15) is 12.0 Å². The van der Waals surface area contributed by atoms with Crippen LogP contribution in [-0.4, -0.2) is 35.1 Å². The molecule has 17 heavy (non-hydrogen) atoms. The molecule has 3 nitrogen and oxygen atoms in total. The van der Waals surface area contributed by atoms with E-state index in [9.17, 15) is 10.2 Å². The monoisotopic (exact) mass is 234 g/mol. The number of epoxide rings is 1. The molecule has 4 atom stereocenters. The molecule has 1 aliphatic carbocycles. The number of fused-ring (bicyclic) bond motifs is 1. The molecular weight excluding hydrogens is 216 g/mol. The summed E-state index contributed by atoms with van der Waals surface area (Å²) in [6.45, 7) is 0.142. The number of hydrogen-bond acceptors (Lipinski definition) is 3. The predicted molar refractivity (Wildman–Crippen MR) is 63.5 cm³/mol. The van der Waals surface area contributed by atoms with Crippen LogP contribution in [0.3, 0.4) is 0 Å². The van der Waals surface area contributed by atoms with E-state index in [1.54, 1.807) is 0 Å². The van der Waals surface area contributed by atoms with E-state index in [1.165, 1.54) is 5.56 Å². The zero-order valence-electron chi connectivity index (χ0n) is 9.75. The third kappa shape index (κ3) is 1.69. The highest BCUT2D eigenvalue weighted by Crippen LogP contribution is 2.56. The first kappa shape index (κ1) is 11.2. The van der Waals surface area contributed by atoms with Gasteiger partial charge < -0.3 is 14.9 Å². The summed E-state index contributed by atoms with van der Waals surface area (Å²) < 4.78 is 5.55. The molecule has 2 fully saturated rings. The van der Waals surface area contributed by atoms with E-state index in [0.717, 1.165) is 12.8 Å². The Balaban J connectivity index is 1.73. The topological polar surface area (TPSA) is 53.0 Å². The van der Waals surface area contributed by atoms with Crippen LogP contribution in [0.4, 0.5) is 0 Å². The third-order valence-corrected chi connectivity index (χ3v) is 4.35. The van der Waals surface area contributed by atoms with Gasteiger partial charge >= 0.3 is 0 Å². The van der Waals surface area contributed by atoms with E-state index in [2.05, 4.69) is 12.1 Å². The molecule has 92 valence electrons. The third-order valence-electron chi connectivity index (χ3n) is 4.35. The number of aliphatic hydroxyl groups excluding tert-OH is 2. The van der Waals surface area contributed by atoms with E-state index in [-0.39, 0.29) is 25.2 Å². The summed E-state index contributed by atoms with van der Waals surface area (Å²) in [5.74, 6) is 0.506. The summed E-state index contributed by atoms with van der Waals surface area (Å²) in [7, 11) is 0. The number of aliphatic hydroxyl groups is 2. The van der Waals surface area contributed by atoms with Gasteiger partial charge in [0, 0.05) is 12.5 Å². The average molecular weight is 234 g/mol. The Morgan fingerprint density at radius 1 is 1.24 bits per heavy atom. The Labute approximate surface area is 101 Å². The minimum absolute atomic E-state index is 0.0359. The Bertz CT molecular complexity index is 388. The largest absolute Gasteiger partial charge is 0.396 e. The minimum atomic E-state index is -0.422. The molecular formula is C14H18O3. The van der Waals surface area contributed by atoms with E-state index < -0.39 is 5.60 Å². The first-order valence-electron chi connectivity index (χ1n) is 6.23. The normalized spacial score (nSPS) is 39.1. The Kier molecular flexibility index (Phi) is 2.69. The predicted octanol–water partition coefficient (Wildman–Crippen LogP) is 0.987. The van der Waals surface area contributed by atoms with Crippen LogP contribution in [0.15, 0.2) is 30.3 Å². The highest BCUT2D eigenvalue weighted by molar-refractivity contribution is 5.20. The van der Waals surface area contributed by atoms with Crippen LogP contribution in [0, 0.1) is 11.8 Å². The lowest BCUT2D eigenvalue weighted by atomic mass is 9.85. The first-order valence-corrected chi connectivity index (χ1v) is 6.23. The second kappa shape index (κ2) is 4.09. The van der Waals surface area contributed by atoms with Crippen molar-refractivity contribution in [3.05, 3.63) is 35.9 Å². The van der Waals surface area contributed by atoms with Crippen LogP contribution in [-0.2, 0) is 11.2 Å². The van der Waals surface area contributed by atoms with E-state index in [4.69, 9.17) is 4.74 Å². The van der Waals surface area contributed by atoms with Gasteiger partial charge in [0.05, 0.1) is 12.7 Å². The van der Waals surface area contributed by atoms with Crippen LogP contribution >= 0.6 is 0 Å². The van der Waals surface area contributed by atoms with Crippen molar-refractivity contribution in [1.82, 2.24) is 0 Å². The molecule has 1 aliphatic heterocycles. The van der Waals surface area contributed by atoms with Gasteiger partial charge in [0.15, 0.2) is 0 Å². The molecule has 3 heteroatoms. The summed E-state index contributed by atoms with van der Waals surface area (Å²) in [5.41, 5.74) is 0.874. The SMILES string of the molecule is OCC1C(Cc2ccccc2)CC2OC21CO. The van der Waals surface area contributed by atoms with Gasteiger partial charge in [-0.25, -0.2) is 0 Å². The molecule has 0 radical (unpaired) electrons. The van der Waals surface area contributed by atoms with Gasteiger partial charge in [-0.15, -0.1) is 0 Å². The lowest BCUT2D eigenvalue weighted by Gasteiger charge is -2.24. The molecule has 2 aliphatic rings. The highest BCUT2D eigenvalue weighted by atomic mass is 16.6. The summed E-state index contributed by atoms with van der Waals surface area (Å²) in [4.78, 5) is 0. The lowest BCUT2D eigenvalue weighted by molar-refractivity contribution is 0.0459. The van der Waals surface area contributed by atoms with E-state index in [0.29, 0.717) is 5.92 Å². The van der Waals surface area contributed by atoms with Crippen LogP contribution in [0.25, 0.3) is 0 Å². The zero-order chi connectivity index (χ0) is 11.9. The van der Waals surface area contributed by atoms with Gasteiger partial charge in [-0.05, 0) is 24.3 Å². The second-order valence-corrected chi connectivity index (χ2v) is 5.19. The van der Waals surface area contributed by atoms with Gasteiger partial charge in [-0.3, -0.25) is 0 Å². The fourth-order valence-electron chi connectivity index (χ4n) is 3.35. The van der Waals surface area contributed by atoms with E-state index in [1.807, 2.05) is 18.2 Å². The molecule has 1 heterocycles. The summed E-state index contributed by atoms with van der Waals surface area (Å²) >= 11 is 0. The van der Waals surface area contributed by atoms with Crippen LogP contribution < -0.4 is 0 Å². The maximum absolute atomic E-state index is 9.52. The molecule has 1 saturated heterocycles. The Morgan fingerprint density at radius 3 is 2.65 bits per heavy atom. The molecule has 0 spiro atoms. The smallest absolute Gasteiger partial charge is 0.123 e. The molecule has 1 saturated carbocycles. The van der Waals surface area contributed by atoms with Crippen molar-refractivity contribution in [2.45, 2.75) is 24.5 Å². The first-order chi connectivity index (χ1) is 8.30. The van der Waals surface area contributed by atoms with Crippen molar-refractivity contribution in [3.8, 4) is 0 Å². The van der Waals surface area contributed by atoms with Gasteiger partial charge in [-0.1, -0.05) is 30.3 Å². The van der Waals surface area contributed by atoms with Gasteiger partial charge in [0.25, 0.3) is 0 Å². The van der Waals surface area contributed by atoms with Crippen LogP contribution in [0.5, 0.6) is 0 Å². The van der Waals surface area contributed by atoms with Gasteiger partial charge in [0.1, 0.15) is 5.60 Å². The molecule has 0 aromatic heterocycles. The van der Waals surface area contributed by atoms with Crippen molar-refractivity contribution < 1.29 is 14.9 Å². The van der Waals surface area contributed by atoms with Crippen molar-refractivity contribution in [2.24, 2.45) is 11.8 Å². The maximum atomic E-state index is 9.52. The summed E-state index contributed by atoms with van der Waals surface area (Å²) in [6, 6.07) is 10.3. The summed E-state index contributed by atoms with van der Waals surface area (Å²) in [6.07, 6.45) is 2.09. The summed E-state index contributed by atoms with van der Waals surface area (Å²) in [5, 5.41) is 18.9. The standard InChI is InChI=1S/C14H18O3/c15-8-12-11(6-10-4-2-1-3-5-10)7-13-14(12,9-16)17-13/h1-5,11-13,15-16H,6-9H2. The molecule has 0 amide bonds. The van der Waals surface area contributed by atoms with Gasteiger partial charge in [-0.2, -0.15) is 0 Å².